The zero-order valence-corrected chi connectivity index (χ0v) is 11.8. The predicted molar refractivity (Wildman–Crippen MR) is 77.6 cm³/mol. The number of pyridine rings is 1. The number of rotatable bonds is 4. The summed E-state index contributed by atoms with van der Waals surface area (Å²) < 4.78 is 0. The number of carbonyl (C=O) groups is 1. The van der Waals surface area contributed by atoms with Crippen molar-refractivity contribution in [2.75, 3.05) is 6.54 Å². The van der Waals surface area contributed by atoms with Crippen molar-refractivity contribution in [1.29, 1.82) is 0 Å². The summed E-state index contributed by atoms with van der Waals surface area (Å²) in [6.07, 6.45) is 1.46. The zero-order chi connectivity index (χ0) is 14.6. The second kappa shape index (κ2) is 6.03. The van der Waals surface area contributed by atoms with Crippen molar-refractivity contribution in [2.24, 2.45) is 0 Å². The first-order valence-corrected chi connectivity index (χ1v) is 6.54. The van der Waals surface area contributed by atoms with E-state index in [-0.39, 0.29) is 18.1 Å². The van der Waals surface area contributed by atoms with Gasteiger partial charge in [-0.15, -0.1) is 0 Å². The van der Waals surface area contributed by atoms with Crippen molar-refractivity contribution < 1.29 is 9.90 Å². The molecule has 1 heterocycles. The van der Waals surface area contributed by atoms with E-state index in [2.05, 4.69) is 10.3 Å². The summed E-state index contributed by atoms with van der Waals surface area (Å²) in [5, 5.41) is 13.5. The molecule has 2 rings (SSSR count). The van der Waals surface area contributed by atoms with E-state index in [9.17, 15) is 9.90 Å². The number of benzene rings is 1. The molecule has 1 aromatic heterocycles. The third-order valence-electron chi connectivity index (χ3n) is 2.94. The Balaban J connectivity index is 2.03. The van der Waals surface area contributed by atoms with Gasteiger partial charge in [-0.25, -0.2) is 0 Å². The number of carbonyl (C=O) groups excluding carboxylic acids is 1. The lowest BCUT2D eigenvalue weighted by Gasteiger charge is -2.24. The van der Waals surface area contributed by atoms with E-state index >= 15 is 0 Å². The molecule has 0 saturated carbocycles. The molecule has 1 atom stereocenters. The normalized spacial score (nSPS) is 13.6. The second-order valence-electron chi connectivity index (χ2n) is 4.68. The van der Waals surface area contributed by atoms with Gasteiger partial charge in [0.2, 0.25) is 0 Å². The Morgan fingerprint density at radius 3 is 2.70 bits per heavy atom. The van der Waals surface area contributed by atoms with E-state index in [0.29, 0.717) is 5.02 Å². The summed E-state index contributed by atoms with van der Waals surface area (Å²) in [5.74, 6) is -0.372. The van der Waals surface area contributed by atoms with Gasteiger partial charge in [-0.05, 0) is 24.6 Å². The van der Waals surface area contributed by atoms with E-state index in [4.69, 9.17) is 11.6 Å². The van der Waals surface area contributed by atoms with Crippen LogP contribution < -0.4 is 5.32 Å². The molecule has 4 nitrogen and oxygen atoms in total. The van der Waals surface area contributed by atoms with Gasteiger partial charge in [0, 0.05) is 11.2 Å². The van der Waals surface area contributed by atoms with Crippen LogP contribution in [0.25, 0.3) is 0 Å². The van der Waals surface area contributed by atoms with Crippen molar-refractivity contribution in [3.63, 3.8) is 0 Å². The van der Waals surface area contributed by atoms with Crippen LogP contribution in [0.15, 0.2) is 48.7 Å². The van der Waals surface area contributed by atoms with Crippen LogP contribution in [0.2, 0.25) is 5.02 Å². The monoisotopic (exact) mass is 290 g/mol. The van der Waals surface area contributed by atoms with Crippen molar-refractivity contribution in [3.8, 4) is 0 Å². The summed E-state index contributed by atoms with van der Waals surface area (Å²) in [5.41, 5.74) is -0.184. The first kappa shape index (κ1) is 14.5. The predicted octanol–water partition coefficient (Wildman–Crippen LogP) is 2.37. The summed E-state index contributed by atoms with van der Waals surface area (Å²) >= 11 is 5.81. The smallest absolute Gasteiger partial charge is 0.270 e. The van der Waals surface area contributed by atoms with Crippen LogP contribution in [-0.4, -0.2) is 22.5 Å². The quantitative estimate of drug-likeness (QED) is 0.909. The minimum Gasteiger partial charge on any atom is -0.384 e. The third-order valence-corrected chi connectivity index (χ3v) is 3.18. The number of nitrogens with zero attached hydrogens (tertiary/aromatic N) is 1. The van der Waals surface area contributed by atoms with Crippen LogP contribution in [0.1, 0.15) is 23.0 Å². The molecule has 0 fully saturated rings. The Labute approximate surface area is 122 Å². The first-order chi connectivity index (χ1) is 9.49. The Kier molecular flexibility index (Phi) is 4.37. The van der Waals surface area contributed by atoms with Gasteiger partial charge in [-0.1, -0.05) is 41.9 Å². The average Bonchev–Trinajstić information content (AvgIpc) is 2.46. The molecular formula is C15H15ClN2O2. The minimum absolute atomic E-state index is 0.0873. The molecule has 5 heteroatoms. The Hall–Kier alpha value is -1.91. The number of nitrogens with one attached hydrogen (secondary N) is 1. The van der Waals surface area contributed by atoms with E-state index in [1.54, 1.807) is 13.0 Å². The molecule has 1 aromatic carbocycles. The average molecular weight is 291 g/mol. The first-order valence-electron chi connectivity index (χ1n) is 6.17. The highest BCUT2D eigenvalue weighted by Crippen LogP contribution is 2.19. The van der Waals surface area contributed by atoms with Crippen LogP contribution in [0.4, 0.5) is 0 Å². The minimum atomic E-state index is -1.14. The molecule has 2 aromatic rings. The van der Waals surface area contributed by atoms with E-state index in [1.165, 1.54) is 12.3 Å². The molecule has 0 saturated heterocycles. The van der Waals surface area contributed by atoms with Crippen molar-refractivity contribution in [3.05, 3.63) is 64.9 Å². The lowest BCUT2D eigenvalue weighted by atomic mass is 9.96. The molecule has 0 aliphatic carbocycles. The zero-order valence-electron chi connectivity index (χ0n) is 11.0. The van der Waals surface area contributed by atoms with Crippen LogP contribution in [0.5, 0.6) is 0 Å². The Morgan fingerprint density at radius 2 is 2.05 bits per heavy atom. The highest BCUT2D eigenvalue weighted by Gasteiger charge is 2.23. The van der Waals surface area contributed by atoms with Gasteiger partial charge in [0.15, 0.2) is 0 Å². The SMILES string of the molecule is CC(O)(CNC(=O)c1cc(Cl)ccn1)c1ccccc1. The lowest BCUT2D eigenvalue weighted by Crippen LogP contribution is -2.38. The number of halogens is 1. The molecule has 0 bridgehead atoms. The van der Waals surface area contributed by atoms with Crippen LogP contribution in [-0.2, 0) is 5.60 Å². The maximum Gasteiger partial charge on any atom is 0.270 e. The molecule has 1 amide bonds. The molecule has 0 spiro atoms. The molecule has 0 radical (unpaired) electrons. The van der Waals surface area contributed by atoms with Crippen LogP contribution >= 0.6 is 11.6 Å². The molecule has 104 valence electrons. The summed E-state index contributed by atoms with van der Waals surface area (Å²) in [7, 11) is 0. The highest BCUT2D eigenvalue weighted by atomic mass is 35.5. The molecule has 1 unspecified atom stereocenters. The summed E-state index contributed by atoms with van der Waals surface area (Å²) in [4.78, 5) is 15.9. The molecule has 2 N–H and O–H groups in total. The fourth-order valence-electron chi connectivity index (χ4n) is 1.77. The summed E-state index contributed by atoms with van der Waals surface area (Å²) in [6.45, 7) is 1.73. The van der Waals surface area contributed by atoms with Gasteiger partial charge in [0.25, 0.3) is 5.91 Å². The maximum atomic E-state index is 11.9. The standard InChI is InChI=1S/C15H15ClN2O2/c1-15(20,11-5-3-2-4-6-11)10-18-14(19)13-9-12(16)7-8-17-13/h2-9,20H,10H2,1H3,(H,18,19). The van der Waals surface area contributed by atoms with E-state index in [1.807, 2.05) is 30.3 Å². The van der Waals surface area contributed by atoms with Crippen molar-refractivity contribution in [2.45, 2.75) is 12.5 Å². The van der Waals surface area contributed by atoms with E-state index < -0.39 is 5.60 Å². The number of hydrogen-bond donors (Lipinski definition) is 2. The van der Waals surface area contributed by atoms with Gasteiger partial charge in [-0.3, -0.25) is 9.78 Å². The van der Waals surface area contributed by atoms with Gasteiger partial charge in [0.05, 0.1) is 6.54 Å². The largest absolute Gasteiger partial charge is 0.384 e. The van der Waals surface area contributed by atoms with Crippen molar-refractivity contribution in [1.82, 2.24) is 10.3 Å². The van der Waals surface area contributed by atoms with Crippen LogP contribution in [0, 0.1) is 0 Å². The van der Waals surface area contributed by atoms with Gasteiger partial charge in [-0.2, -0.15) is 0 Å². The number of aliphatic hydroxyl groups is 1. The van der Waals surface area contributed by atoms with E-state index in [0.717, 1.165) is 5.56 Å². The van der Waals surface area contributed by atoms with Gasteiger partial charge < -0.3 is 10.4 Å². The van der Waals surface area contributed by atoms with Crippen molar-refractivity contribution >= 4 is 17.5 Å². The third kappa shape index (κ3) is 3.56. The molecule has 20 heavy (non-hydrogen) atoms. The second-order valence-corrected chi connectivity index (χ2v) is 5.12. The topological polar surface area (TPSA) is 62.2 Å². The Morgan fingerprint density at radius 1 is 1.35 bits per heavy atom. The molecule has 0 aliphatic heterocycles. The molecular weight excluding hydrogens is 276 g/mol. The fourth-order valence-corrected chi connectivity index (χ4v) is 1.93. The number of aromatic nitrogens is 1. The molecule has 0 aliphatic rings. The number of hydrogen-bond acceptors (Lipinski definition) is 3. The lowest BCUT2D eigenvalue weighted by molar-refractivity contribution is 0.0525. The Bertz CT molecular complexity index is 600. The van der Waals surface area contributed by atoms with Gasteiger partial charge in [0.1, 0.15) is 11.3 Å². The maximum absolute atomic E-state index is 11.9. The fraction of sp³-hybridized carbons (Fsp3) is 0.200. The van der Waals surface area contributed by atoms with Gasteiger partial charge >= 0.3 is 0 Å². The summed E-state index contributed by atoms with van der Waals surface area (Å²) in [6, 6.07) is 12.2. The highest BCUT2D eigenvalue weighted by molar-refractivity contribution is 6.30. The van der Waals surface area contributed by atoms with Crippen LogP contribution in [0.3, 0.4) is 0 Å². The number of amides is 1.